The number of hydrogen-bond donors (Lipinski definition) is 1. The van der Waals surface area contributed by atoms with Crippen LogP contribution in [0.4, 0.5) is 15.0 Å². The number of anilines is 1. The lowest BCUT2D eigenvalue weighted by molar-refractivity contribution is 0.0635. The highest BCUT2D eigenvalue weighted by Gasteiger charge is 2.16. The molecule has 0 radical (unpaired) electrons. The average Bonchev–Trinajstić information content (AvgIpc) is 2.98. The number of aryl methyl sites for hydroxylation is 1. The molecule has 3 rings (SSSR count). The molecule has 0 aliphatic rings. The van der Waals surface area contributed by atoms with Crippen molar-refractivity contribution in [3.05, 3.63) is 54.0 Å². The van der Waals surface area contributed by atoms with Crippen LogP contribution in [0.15, 0.2) is 42.6 Å². The van der Waals surface area contributed by atoms with Gasteiger partial charge in [-0.3, -0.25) is 5.32 Å². The fourth-order valence-electron chi connectivity index (χ4n) is 2.56. The molecule has 1 N–H and O–H groups in total. The van der Waals surface area contributed by atoms with Gasteiger partial charge in [0.2, 0.25) is 0 Å². The highest BCUT2D eigenvalue weighted by atomic mass is 19.1. The number of benzene rings is 1. The maximum atomic E-state index is 12.9. The van der Waals surface area contributed by atoms with Crippen molar-refractivity contribution in [2.24, 2.45) is 0 Å². The molecule has 0 bridgehead atoms. The van der Waals surface area contributed by atoms with Gasteiger partial charge in [-0.1, -0.05) is 18.1 Å². The number of halogens is 1. The Kier molecular flexibility index (Phi) is 5.59. The third-order valence-electron chi connectivity index (χ3n) is 3.67. The number of nitrogens with one attached hydrogen (secondary N) is 1. The van der Waals surface area contributed by atoms with Gasteiger partial charge in [0.05, 0.1) is 17.6 Å². The van der Waals surface area contributed by atoms with E-state index in [1.165, 1.54) is 0 Å². The molecular formula is C21H21FN4O2. The van der Waals surface area contributed by atoms with E-state index >= 15 is 0 Å². The predicted octanol–water partition coefficient (Wildman–Crippen LogP) is 4.15. The summed E-state index contributed by atoms with van der Waals surface area (Å²) in [6.07, 6.45) is 0.973. The van der Waals surface area contributed by atoms with Gasteiger partial charge in [-0.25, -0.2) is 19.2 Å². The van der Waals surface area contributed by atoms with Crippen LogP contribution in [-0.2, 0) is 11.3 Å². The summed E-state index contributed by atoms with van der Waals surface area (Å²) in [4.78, 5) is 20.4. The van der Waals surface area contributed by atoms with Crippen molar-refractivity contribution in [3.63, 3.8) is 0 Å². The minimum absolute atomic E-state index is 0.196. The van der Waals surface area contributed by atoms with E-state index in [1.54, 1.807) is 43.7 Å². The Labute approximate surface area is 162 Å². The van der Waals surface area contributed by atoms with E-state index in [1.807, 2.05) is 24.3 Å². The van der Waals surface area contributed by atoms with Gasteiger partial charge in [0.15, 0.2) is 5.82 Å². The zero-order chi connectivity index (χ0) is 20.1. The van der Waals surface area contributed by atoms with E-state index in [2.05, 4.69) is 27.1 Å². The molecule has 2 aromatic heterocycles. The predicted molar refractivity (Wildman–Crippen MR) is 106 cm³/mol. The van der Waals surface area contributed by atoms with E-state index in [4.69, 9.17) is 4.74 Å². The Morgan fingerprint density at radius 3 is 2.68 bits per heavy atom. The Balaban J connectivity index is 1.77. The number of para-hydroxylation sites is 2. The number of amides is 1. The van der Waals surface area contributed by atoms with Crippen molar-refractivity contribution in [1.82, 2.24) is 14.5 Å². The molecule has 28 heavy (non-hydrogen) atoms. The Hall–Kier alpha value is -3.40. The van der Waals surface area contributed by atoms with Crippen LogP contribution < -0.4 is 5.32 Å². The smallest absolute Gasteiger partial charge is 0.413 e. The van der Waals surface area contributed by atoms with Gasteiger partial charge in [0.1, 0.15) is 18.1 Å². The van der Waals surface area contributed by atoms with Crippen LogP contribution in [0.5, 0.6) is 0 Å². The molecule has 0 atom stereocenters. The lowest BCUT2D eigenvalue weighted by atomic mass is 10.2. The van der Waals surface area contributed by atoms with Crippen molar-refractivity contribution in [3.8, 4) is 11.8 Å². The van der Waals surface area contributed by atoms with E-state index in [0.29, 0.717) is 17.2 Å². The normalized spacial score (nSPS) is 11.0. The zero-order valence-corrected chi connectivity index (χ0v) is 16.0. The molecule has 0 aliphatic carbocycles. The summed E-state index contributed by atoms with van der Waals surface area (Å²) in [6, 6.07) is 10.9. The van der Waals surface area contributed by atoms with Crippen molar-refractivity contribution in [2.75, 3.05) is 12.0 Å². The summed E-state index contributed by atoms with van der Waals surface area (Å²) in [5, 5.41) is 2.56. The van der Waals surface area contributed by atoms with Crippen molar-refractivity contribution >= 4 is 22.9 Å². The summed E-state index contributed by atoms with van der Waals surface area (Å²) in [7, 11) is 0. The number of alkyl halides is 1. The number of carbonyl (C=O) groups excluding carboxylic acids is 1. The molecule has 2 heterocycles. The van der Waals surface area contributed by atoms with Gasteiger partial charge in [-0.2, -0.15) is 0 Å². The number of aromatic nitrogens is 3. The standard InChI is InChI=1S/C21H21FN4O2/c1-21(2,3)28-20(27)25-18-10-8-15(14-23-18)9-11-19-24-16-6-4-5-7-17(16)26(19)13-12-22/h4-8,10,14H,12-13H2,1-3H3,(H,23,25,27). The van der Waals surface area contributed by atoms with Gasteiger partial charge >= 0.3 is 6.09 Å². The monoisotopic (exact) mass is 380 g/mol. The Morgan fingerprint density at radius 2 is 2.00 bits per heavy atom. The molecule has 1 aromatic carbocycles. The SMILES string of the molecule is CC(C)(C)OC(=O)Nc1ccc(C#Cc2nc3ccccc3n2CCF)cn1. The zero-order valence-electron chi connectivity index (χ0n) is 16.0. The van der Waals surface area contributed by atoms with Crippen LogP contribution in [0.2, 0.25) is 0 Å². The van der Waals surface area contributed by atoms with E-state index in [-0.39, 0.29) is 6.54 Å². The van der Waals surface area contributed by atoms with Gasteiger partial charge < -0.3 is 9.30 Å². The molecule has 0 unspecified atom stereocenters. The first-order valence-corrected chi connectivity index (χ1v) is 8.85. The molecule has 0 spiro atoms. The molecule has 0 aliphatic heterocycles. The Morgan fingerprint density at radius 1 is 1.21 bits per heavy atom. The van der Waals surface area contributed by atoms with Crippen LogP contribution in [0.1, 0.15) is 32.2 Å². The molecular weight excluding hydrogens is 359 g/mol. The minimum atomic E-state index is -0.583. The number of pyridine rings is 1. The second kappa shape index (κ2) is 8.09. The average molecular weight is 380 g/mol. The topological polar surface area (TPSA) is 69.0 Å². The molecule has 144 valence electrons. The van der Waals surface area contributed by atoms with Crippen LogP contribution in [0.25, 0.3) is 11.0 Å². The van der Waals surface area contributed by atoms with Crippen LogP contribution in [-0.4, -0.2) is 32.9 Å². The number of nitrogens with zero attached hydrogens (tertiary/aromatic N) is 3. The number of fused-ring (bicyclic) bond motifs is 1. The number of ether oxygens (including phenoxy) is 1. The van der Waals surface area contributed by atoms with Crippen LogP contribution in [0, 0.1) is 11.8 Å². The lowest BCUT2D eigenvalue weighted by Gasteiger charge is -2.19. The first-order valence-electron chi connectivity index (χ1n) is 8.85. The summed E-state index contributed by atoms with van der Waals surface area (Å²) < 4.78 is 19.9. The number of hydrogen-bond acceptors (Lipinski definition) is 4. The number of rotatable bonds is 3. The van der Waals surface area contributed by atoms with Crippen LogP contribution in [0.3, 0.4) is 0 Å². The summed E-state index contributed by atoms with van der Waals surface area (Å²) in [5.74, 6) is 6.82. The third-order valence-corrected chi connectivity index (χ3v) is 3.67. The maximum absolute atomic E-state index is 12.9. The first kappa shape index (κ1) is 19.4. The lowest BCUT2D eigenvalue weighted by Crippen LogP contribution is -2.27. The summed E-state index contributed by atoms with van der Waals surface area (Å²) >= 11 is 0. The van der Waals surface area contributed by atoms with E-state index in [9.17, 15) is 9.18 Å². The van der Waals surface area contributed by atoms with Crippen molar-refractivity contribution < 1.29 is 13.9 Å². The van der Waals surface area contributed by atoms with E-state index < -0.39 is 18.4 Å². The molecule has 0 fully saturated rings. The number of carbonyl (C=O) groups is 1. The highest BCUT2D eigenvalue weighted by molar-refractivity contribution is 5.83. The molecule has 6 nitrogen and oxygen atoms in total. The quantitative estimate of drug-likeness (QED) is 0.693. The third kappa shape index (κ3) is 4.86. The van der Waals surface area contributed by atoms with Crippen LogP contribution >= 0.6 is 0 Å². The maximum Gasteiger partial charge on any atom is 0.413 e. The first-order chi connectivity index (χ1) is 13.4. The second-order valence-electron chi connectivity index (χ2n) is 7.07. The van der Waals surface area contributed by atoms with Gasteiger partial charge in [0.25, 0.3) is 0 Å². The number of imidazole rings is 1. The van der Waals surface area contributed by atoms with Crippen molar-refractivity contribution in [1.29, 1.82) is 0 Å². The molecule has 3 aromatic rings. The van der Waals surface area contributed by atoms with Gasteiger partial charge in [-0.05, 0) is 51.0 Å². The fraction of sp³-hybridized carbons (Fsp3) is 0.286. The Bertz CT molecular complexity index is 1040. The molecule has 0 saturated heterocycles. The van der Waals surface area contributed by atoms with Gasteiger partial charge in [0, 0.05) is 11.8 Å². The largest absolute Gasteiger partial charge is 0.444 e. The highest BCUT2D eigenvalue weighted by Crippen LogP contribution is 2.16. The second-order valence-corrected chi connectivity index (χ2v) is 7.07. The fourth-order valence-corrected chi connectivity index (χ4v) is 2.56. The van der Waals surface area contributed by atoms with Gasteiger partial charge in [-0.15, -0.1) is 0 Å². The van der Waals surface area contributed by atoms with Crippen molar-refractivity contribution in [2.45, 2.75) is 32.9 Å². The summed E-state index contributed by atoms with van der Waals surface area (Å²) in [6.45, 7) is 5.06. The molecule has 1 amide bonds. The minimum Gasteiger partial charge on any atom is -0.444 e. The molecule has 7 heteroatoms. The summed E-state index contributed by atoms with van der Waals surface area (Å²) in [5.41, 5.74) is 1.68. The van der Waals surface area contributed by atoms with E-state index in [0.717, 1.165) is 11.0 Å². The molecule has 0 saturated carbocycles.